The molecule has 1 aromatic rings. The molecule has 1 amide bonds. The van der Waals surface area contributed by atoms with Crippen molar-refractivity contribution in [3.63, 3.8) is 0 Å². The number of hydrogen-bond acceptors (Lipinski definition) is 2. The number of carbonyl (C=O) groups is 1. The molecule has 0 aromatic heterocycles. The van der Waals surface area contributed by atoms with Gasteiger partial charge in [0.15, 0.2) is 11.6 Å². The van der Waals surface area contributed by atoms with E-state index < -0.39 is 11.6 Å². The second kappa shape index (κ2) is 5.55. The van der Waals surface area contributed by atoms with E-state index in [1.807, 2.05) is 0 Å². The molecule has 5 heteroatoms. The SMILES string of the molecule is CCN(CCN)C(=O)c1ccc(F)c(F)c1. The Morgan fingerprint density at radius 1 is 1.38 bits per heavy atom. The molecular formula is C11H14F2N2O. The van der Waals surface area contributed by atoms with Gasteiger partial charge in [0.25, 0.3) is 5.91 Å². The average Bonchev–Trinajstić information content (AvgIpc) is 2.28. The Morgan fingerprint density at radius 2 is 2.06 bits per heavy atom. The van der Waals surface area contributed by atoms with E-state index >= 15 is 0 Å². The Kier molecular flexibility index (Phi) is 4.37. The van der Waals surface area contributed by atoms with Gasteiger partial charge in [0, 0.05) is 25.2 Å². The van der Waals surface area contributed by atoms with Crippen LogP contribution < -0.4 is 5.73 Å². The van der Waals surface area contributed by atoms with Crippen molar-refractivity contribution in [2.45, 2.75) is 6.92 Å². The van der Waals surface area contributed by atoms with Crippen LogP contribution in [-0.4, -0.2) is 30.4 Å². The minimum atomic E-state index is -1.02. The standard InChI is InChI=1S/C11H14F2N2O/c1-2-15(6-5-14)11(16)8-3-4-9(12)10(13)7-8/h3-4,7H,2,5-6,14H2,1H3. The first-order valence-electron chi connectivity index (χ1n) is 5.04. The van der Waals surface area contributed by atoms with Crippen LogP contribution >= 0.6 is 0 Å². The molecule has 1 rings (SSSR count). The summed E-state index contributed by atoms with van der Waals surface area (Å²) in [4.78, 5) is 13.3. The third-order valence-corrected chi connectivity index (χ3v) is 2.23. The van der Waals surface area contributed by atoms with Crippen LogP contribution in [0.15, 0.2) is 18.2 Å². The van der Waals surface area contributed by atoms with Gasteiger partial charge in [-0.15, -0.1) is 0 Å². The Bertz CT molecular complexity index is 382. The molecule has 0 aliphatic heterocycles. The number of likely N-dealkylation sites (N-methyl/N-ethyl adjacent to an activating group) is 1. The fourth-order valence-corrected chi connectivity index (χ4v) is 1.37. The van der Waals surface area contributed by atoms with Crippen LogP contribution in [0.3, 0.4) is 0 Å². The first-order valence-corrected chi connectivity index (χ1v) is 5.04. The lowest BCUT2D eigenvalue weighted by Crippen LogP contribution is -2.35. The van der Waals surface area contributed by atoms with Crippen LogP contribution in [0.2, 0.25) is 0 Å². The van der Waals surface area contributed by atoms with Gasteiger partial charge in [-0.05, 0) is 25.1 Å². The lowest BCUT2D eigenvalue weighted by Gasteiger charge is -2.19. The number of rotatable bonds is 4. The molecule has 0 bridgehead atoms. The Hall–Kier alpha value is -1.49. The van der Waals surface area contributed by atoms with Crippen molar-refractivity contribution < 1.29 is 13.6 Å². The minimum Gasteiger partial charge on any atom is -0.338 e. The number of benzene rings is 1. The van der Waals surface area contributed by atoms with Crippen LogP contribution in [0.4, 0.5) is 8.78 Å². The van der Waals surface area contributed by atoms with Crippen LogP contribution in [0.5, 0.6) is 0 Å². The Balaban J connectivity index is 2.90. The molecular weight excluding hydrogens is 214 g/mol. The summed E-state index contributed by atoms with van der Waals surface area (Å²) < 4.78 is 25.6. The predicted molar refractivity (Wildman–Crippen MR) is 57.0 cm³/mol. The zero-order valence-corrected chi connectivity index (χ0v) is 9.04. The minimum absolute atomic E-state index is 0.134. The normalized spacial score (nSPS) is 10.2. The molecule has 0 atom stereocenters. The van der Waals surface area contributed by atoms with Gasteiger partial charge in [0.05, 0.1) is 0 Å². The fourth-order valence-electron chi connectivity index (χ4n) is 1.37. The van der Waals surface area contributed by atoms with Crippen molar-refractivity contribution in [3.8, 4) is 0 Å². The number of nitrogens with two attached hydrogens (primary N) is 1. The maximum Gasteiger partial charge on any atom is 0.253 e. The number of hydrogen-bond donors (Lipinski definition) is 1. The predicted octanol–water partition coefficient (Wildman–Crippen LogP) is 1.39. The van der Waals surface area contributed by atoms with Crippen molar-refractivity contribution in [3.05, 3.63) is 35.4 Å². The lowest BCUT2D eigenvalue weighted by molar-refractivity contribution is 0.0768. The quantitative estimate of drug-likeness (QED) is 0.846. The number of nitrogens with zero attached hydrogens (tertiary/aromatic N) is 1. The van der Waals surface area contributed by atoms with E-state index in [1.54, 1.807) is 6.92 Å². The molecule has 88 valence electrons. The average molecular weight is 228 g/mol. The van der Waals surface area contributed by atoms with Gasteiger partial charge in [-0.25, -0.2) is 8.78 Å². The molecule has 3 nitrogen and oxygen atoms in total. The molecule has 1 aromatic carbocycles. The van der Waals surface area contributed by atoms with Gasteiger partial charge in [0.2, 0.25) is 0 Å². The van der Waals surface area contributed by atoms with E-state index in [2.05, 4.69) is 0 Å². The molecule has 2 N–H and O–H groups in total. The van der Waals surface area contributed by atoms with E-state index in [1.165, 1.54) is 11.0 Å². The molecule has 0 spiro atoms. The van der Waals surface area contributed by atoms with Crippen molar-refractivity contribution in [2.75, 3.05) is 19.6 Å². The zero-order valence-electron chi connectivity index (χ0n) is 9.04. The van der Waals surface area contributed by atoms with Crippen LogP contribution in [0, 0.1) is 11.6 Å². The lowest BCUT2D eigenvalue weighted by atomic mass is 10.2. The van der Waals surface area contributed by atoms with Gasteiger partial charge >= 0.3 is 0 Å². The first kappa shape index (κ1) is 12.6. The van der Waals surface area contributed by atoms with Crippen molar-refractivity contribution >= 4 is 5.91 Å². The summed E-state index contributed by atoms with van der Waals surface area (Å²) in [6.07, 6.45) is 0. The summed E-state index contributed by atoms with van der Waals surface area (Å²) in [6, 6.07) is 3.11. The molecule has 0 aliphatic carbocycles. The number of carbonyl (C=O) groups excluding carboxylic acids is 1. The molecule has 0 aliphatic rings. The Labute approximate surface area is 92.8 Å². The van der Waals surface area contributed by atoms with Crippen molar-refractivity contribution in [1.82, 2.24) is 4.90 Å². The summed E-state index contributed by atoms with van der Waals surface area (Å²) in [5.74, 6) is -2.32. The summed E-state index contributed by atoms with van der Waals surface area (Å²) >= 11 is 0. The second-order valence-electron chi connectivity index (χ2n) is 3.30. The summed E-state index contributed by atoms with van der Waals surface area (Å²) in [5, 5.41) is 0. The van der Waals surface area contributed by atoms with Crippen LogP contribution in [0.1, 0.15) is 17.3 Å². The third-order valence-electron chi connectivity index (χ3n) is 2.23. The van der Waals surface area contributed by atoms with Crippen LogP contribution in [-0.2, 0) is 0 Å². The summed E-state index contributed by atoms with van der Waals surface area (Å²) in [6.45, 7) is 3.01. The topological polar surface area (TPSA) is 46.3 Å². The van der Waals surface area contributed by atoms with E-state index in [0.717, 1.165) is 12.1 Å². The molecule has 0 unspecified atom stereocenters. The van der Waals surface area contributed by atoms with Crippen molar-refractivity contribution in [2.24, 2.45) is 5.73 Å². The van der Waals surface area contributed by atoms with Gasteiger partial charge < -0.3 is 10.6 Å². The highest BCUT2D eigenvalue weighted by Gasteiger charge is 2.15. The smallest absolute Gasteiger partial charge is 0.253 e. The monoisotopic (exact) mass is 228 g/mol. The molecule has 16 heavy (non-hydrogen) atoms. The third kappa shape index (κ3) is 2.76. The molecule has 0 saturated heterocycles. The molecule has 0 radical (unpaired) electrons. The molecule has 0 fully saturated rings. The van der Waals surface area contributed by atoms with Gasteiger partial charge in [0.1, 0.15) is 0 Å². The summed E-state index contributed by atoms with van der Waals surface area (Å²) in [7, 11) is 0. The highest BCUT2D eigenvalue weighted by molar-refractivity contribution is 5.94. The molecule has 0 saturated carbocycles. The maximum atomic E-state index is 12.9. The van der Waals surface area contributed by atoms with E-state index in [0.29, 0.717) is 19.6 Å². The van der Waals surface area contributed by atoms with E-state index in [-0.39, 0.29) is 11.5 Å². The largest absolute Gasteiger partial charge is 0.338 e. The van der Waals surface area contributed by atoms with Crippen LogP contribution in [0.25, 0.3) is 0 Å². The first-order chi connectivity index (χ1) is 7.60. The Morgan fingerprint density at radius 3 is 2.56 bits per heavy atom. The fraction of sp³-hybridized carbons (Fsp3) is 0.364. The van der Waals surface area contributed by atoms with Gasteiger partial charge in [-0.2, -0.15) is 0 Å². The zero-order chi connectivity index (χ0) is 12.1. The van der Waals surface area contributed by atoms with Gasteiger partial charge in [-0.3, -0.25) is 4.79 Å². The van der Waals surface area contributed by atoms with E-state index in [4.69, 9.17) is 5.73 Å². The second-order valence-corrected chi connectivity index (χ2v) is 3.30. The highest BCUT2D eigenvalue weighted by atomic mass is 19.2. The van der Waals surface area contributed by atoms with Crippen molar-refractivity contribution in [1.29, 1.82) is 0 Å². The highest BCUT2D eigenvalue weighted by Crippen LogP contribution is 2.10. The van der Waals surface area contributed by atoms with E-state index in [9.17, 15) is 13.6 Å². The number of halogens is 2. The molecule has 0 heterocycles. The summed E-state index contributed by atoms with van der Waals surface area (Å²) in [5.41, 5.74) is 5.48. The number of amides is 1. The van der Waals surface area contributed by atoms with Gasteiger partial charge in [-0.1, -0.05) is 0 Å². The maximum absolute atomic E-state index is 12.9.